The largest absolute Gasteiger partial charge is 0.495 e. The zero-order chi connectivity index (χ0) is 23.7. The van der Waals surface area contributed by atoms with Crippen LogP contribution < -0.4 is 0 Å². The predicted molar refractivity (Wildman–Crippen MR) is 133 cm³/mol. The molecule has 33 heavy (non-hydrogen) atoms. The summed E-state index contributed by atoms with van der Waals surface area (Å²) < 4.78 is 32.5. The van der Waals surface area contributed by atoms with Crippen LogP contribution >= 0.6 is 15.9 Å². The van der Waals surface area contributed by atoms with Crippen molar-refractivity contribution >= 4 is 42.6 Å². The molecule has 1 atom stereocenters. The molecule has 3 aliphatic rings. The van der Waals surface area contributed by atoms with Crippen LogP contribution in [0.4, 0.5) is 0 Å². The summed E-state index contributed by atoms with van der Waals surface area (Å²) in [7, 11) is -3.16. The van der Waals surface area contributed by atoms with Crippen LogP contribution in [-0.4, -0.2) is 48.9 Å². The Morgan fingerprint density at radius 3 is 2.58 bits per heavy atom. The summed E-state index contributed by atoms with van der Waals surface area (Å²) in [5, 5.41) is 0.966. The van der Waals surface area contributed by atoms with Gasteiger partial charge >= 0.3 is 0 Å². The van der Waals surface area contributed by atoms with E-state index in [2.05, 4.69) is 47.8 Å². The monoisotopic (exact) mass is 532 g/mol. The first kappa shape index (κ1) is 22.9. The number of hydrogen-bond donors (Lipinski definition) is 1. The van der Waals surface area contributed by atoms with Crippen molar-refractivity contribution < 1.29 is 17.9 Å². The lowest BCUT2D eigenvalue weighted by molar-refractivity contribution is 0.0625. The number of Topliss-reactive ketones (excluding diaryl/α,β-unsaturated/α-hetero) is 1. The van der Waals surface area contributed by atoms with Gasteiger partial charge in [-0.25, -0.2) is 12.7 Å². The Morgan fingerprint density at radius 2 is 1.91 bits per heavy atom. The van der Waals surface area contributed by atoms with Crippen LogP contribution in [0.5, 0.6) is 0 Å². The fourth-order valence-electron chi connectivity index (χ4n) is 5.55. The number of hydrogen-bond acceptors (Lipinski definition) is 4. The molecule has 0 saturated carbocycles. The minimum atomic E-state index is -3.16. The number of H-pyrrole nitrogens is 1. The summed E-state index contributed by atoms with van der Waals surface area (Å²) in [6.45, 7) is 7.39. The molecule has 2 aliphatic carbocycles. The molecule has 1 aromatic carbocycles. The normalized spacial score (nSPS) is 24.0. The van der Waals surface area contributed by atoms with Crippen molar-refractivity contribution in [1.29, 1.82) is 0 Å². The molecule has 1 N–H and O–H groups in total. The molecule has 1 aromatic heterocycles. The minimum absolute atomic E-state index is 0.00742. The number of ketones is 1. The van der Waals surface area contributed by atoms with Crippen LogP contribution in [0.2, 0.25) is 0 Å². The molecule has 5 rings (SSSR count). The molecule has 2 aromatic rings. The molecule has 1 fully saturated rings. The second-order valence-corrected chi connectivity index (χ2v) is 12.9. The van der Waals surface area contributed by atoms with Gasteiger partial charge in [-0.15, -0.1) is 0 Å². The summed E-state index contributed by atoms with van der Waals surface area (Å²) in [6.07, 6.45) is 5.35. The Hall–Kier alpha value is -1.90. The first-order valence-electron chi connectivity index (χ1n) is 11.4. The minimum Gasteiger partial charge on any atom is -0.495 e. The van der Waals surface area contributed by atoms with Crippen LogP contribution in [0.3, 0.4) is 0 Å². The van der Waals surface area contributed by atoms with Crippen LogP contribution in [-0.2, 0) is 20.2 Å². The van der Waals surface area contributed by atoms with E-state index in [1.54, 1.807) is 0 Å². The highest BCUT2D eigenvalue weighted by molar-refractivity contribution is 9.10. The van der Waals surface area contributed by atoms with Gasteiger partial charge in [-0.05, 0) is 42.5 Å². The third-order valence-electron chi connectivity index (χ3n) is 7.31. The van der Waals surface area contributed by atoms with Crippen molar-refractivity contribution in [3.63, 3.8) is 0 Å². The van der Waals surface area contributed by atoms with Crippen molar-refractivity contribution in [1.82, 2.24) is 9.29 Å². The number of halogens is 1. The number of carbonyl (C=O) groups excluding carboxylic acids is 1. The molecule has 6 nitrogen and oxygen atoms in total. The fourth-order valence-corrected chi connectivity index (χ4v) is 6.79. The number of allylic oxidation sites excluding steroid dienone is 4. The summed E-state index contributed by atoms with van der Waals surface area (Å²) in [6, 6.07) is 6.01. The van der Waals surface area contributed by atoms with E-state index in [9.17, 15) is 13.2 Å². The van der Waals surface area contributed by atoms with E-state index < -0.39 is 10.0 Å². The van der Waals surface area contributed by atoms with Crippen LogP contribution in [0.25, 0.3) is 10.9 Å². The van der Waals surface area contributed by atoms with Gasteiger partial charge in [-0.3, -0.25) is 4.79 Å². The molecule has 1 saturated heterocycles. The Balaban J connectivity index is 1.47. The molecular formula is C25H29BrN2O4S. The Morgan fingerprint density at radius 1 is 1.21 bits per heavy atom. The Labute approximate surface area is 203 Å². The highest BCUT2D eigenvalue weighted by atomic mass is 79.9. The van der Waals surface area contributed by atoms with Crippen LogP contribution in [0.15, 0.2) is 45.7 Å². The van der Waals surface area contributed by atoms with Gasteiger partial charge in [-0.2, -0.15) is 0 Å². The van der Waals surface area contributed by atoms with E-state index >= 15 is 0 Å². The average molecular weight is 533 g/mol. The molecule has 2 heterocycles. The molecule has 1 aliphatic heterocycles. The topological polar surface area (TPSA) is 79.5 Å². The summed E-state index contributed by atoms with van der Waals surface area (Å²) in [5.74, 6) is 1.05. The third kappa shape index (κ3) is 3.80. The maximum absolute atomic E-state index is 13.7. The molecule has 0 spiro atoms. The summed E-state index contributed by atoms with van der Waals surface area (Å²) in [4.78, 5) is 17.2. The summed E-state index contributed by atoms with van der Waals surface area (Å²) >= 11 is 3.53. The van der Waals surface area contributed by atoms with Gasteiger partial charge in [0.05, 0.1) is 17.6 Å². The first-order chi connectivity index (χ1) is 15.5. The highest BCUT2D eigenvalue weighted by Crippen LogP contribution is 2.49. The zero-order valence-corrected chi connectivity index (χ0v) is 21.8. The lowest BCUT2D eigenvalue weighted by Crippen LogP contribution is -2.40. The second kappa shape index (κ2) is 7.82. The third-order valence-corrected chi connectivity index (χ3v) is 9.11. The van der Waals surface area contributed by atoms with Crippen molar-refractivity contribution in [3.05, 3.63) is 56.9 Å². The number of fused-ring (bicyclic) bond motifs is 3. The molecule has 0 bridgehead atoms. The second-order valence-electron chi connectivity index (χ2n) is 10.0. The van der Waals surface area contributed by atoms with E-state index in [-0.39, 0.29) is 23.2 Å². The van der Waals surface area contributed by atoms with Crippen molar-refractivity contribution in [2.75, 3.05) is 19.3 Å². The molecule has 0 amide bonds. The molecule has 0 radical (unpaired) electrons. The number of aromatic nitrogens is 1. The van der Waals surface area contributed by atoms with E-state index in [1.165, 1.54) is 10.6 Å². The van der Waals surface area contributed by atoms with Gasteiger partial charge in [0.2, 0.25) is 10.0 Å². The van der Waals surface area contributed by atoms with Crippen molar-refractivity contribution in [2.45, 2.75) is 51.6 Å². The number of carbonyl (C=O) groups is 1. The molecule has 8 heteroatoms. The van der Waals surface area contributed by atoms with Gasteiger partial charge in [-0.1, -0.05) is 42.8 Å². The summed E-state index contributed by atoms with van der Waals surface area (Å²) in [5.41, 5.74) is 4.24. The lowest BCUT2D eigenvalue weighted by Gasteiger charge is -2.39. The Kier molecular flexibility index (Phi) is 5.42. The van der Waals surface area contributed by atoms with Crippen molar-refractivity contribution in [3.8, 4) is 0 Å². The number of nitrogens with zero attached hydrogens (tertiary/aromatic N) is 1. The molecule has 1 unspecified atom stereocenters. The lowest BCUT2D eigenvalue weighted by atomic mass is 9.66. The van der Waals surface area contributed by atoms with E-state index in [4.69, 9.17) is 4.74 Å². The molecular weight excluding hydrogens is 504 g/mol. The quantitative estimate of drug-likeness (QED) is 0.598. The SMILES string of the molecule is CC1CC(OC2CCN(S(C)(=O)=O)CC2)=CC2=C1C(=O)c1c([nH]c3cc(Br)ccc13)C2(C)C. The zero-order valence-electron chi connectivity index (χ0n) is 19.4. The van der Waals surface area contributed by atoms with Gasteiger partial charge in [0.1, 0.15) is 6.10 Å². The smallest absolute Gasteiger partial charge is 0.211 e. The van der Waals surface area contributed by atoms with Gasteiger partial charge < -0.3 is 9.72 Å². The average Bonchev–Trinajstić information content (AvgIpc) is 3.11. The van der Waals surface area contributed by atoms with E-state index in [0.29, 0.717) is 32.4 Å². The first-order valence-corrected chi connectivity index (χ1v) is 14.0. The maximum atomic E-state index is 13.7. The number of ether oxygens (including phenoxy) is 1. The maximum Gasteiger partial charge on any atom is 0.211 e. The number of piperidine rings is 1. The van der Waals surface area contributed by atoms with E-state index in [0.717, 1.165) is 43.5 Å². The standard InChI is InChI=1S/C25H29BrN2O4S/c1-14-11-17(32-16-7-9-28(10-8-16)33(4,30)31)13-19-21(14)23(29)22-18-6-5-15(26)12-20(18)27-24(22)25(19,2)3/h5-6,12-14,16,27H,7-11H2,1-4H3. The number of benzene rings is 1. The molecule has 176 valence electrons. The van der Waals surface area contributed by atoms with E-state index in [1.807, 2.05) is 18.2 Å². The van der Waals surface area contributed by atoms with Crippen molar-refractivity contribution in [2.24, 2.45) is 5.92 Å². The number of sulfonamides is 1. The number of nitrogens with one attached hydrogen (secondary N) is 1. The number of rotatable bonds is 3. The van der Waals surface area contributed by atoms with Gasteiger partial charge in [0.15, 0.2) is 5.78 Å². The fraction of sp³-hybridized carbons (Fsp3) is 0.480. The predicted octanol–water partition coefficient (Wildman–Crippen LogP) is 5.07. The van der Waals surface area contributed by atoms with Crippen LogP contribution in [0, 0.1) is 5.92 Å². The number of aromatic amines is 1. The Bertz CT molecular complexity index is 1330. The van der Waals surface area contributed by atoms with Crippen LogP contribution in [0.1, 0.15) is 56.1 Å². The van der Waals surface area contributed by atoms with Gasteiger partial charge in [0, 0.05) is 51.6 Å². The van der Waals surface area contributed by atoms with Gasteiger partial charge in [0.25, 0.3) is 0 Å². The highest BCUT2D eigenvalue weighted by Gasteiger charge is 2.44.